The highest BCUT2D eigenvalue weighted by atomic mass is 35.5. The highest BCUT2D eigenvalue weighted by Crippen LogP contribution is 2.32. The monoisotopic (exact) mass is 523 g/mol. The smallest absolute Gasteiger partial charge is 0.304 e. The third-order valence-electron chi connectivity index (χ3n) is 6.40. The van der Waals surface area contributed by atoms with Crippen LogP contribution in [0.4, 0.5) is 0 Å². The highest BCUT2D eigenvalue weighted by Gasteiger charge is 2.20. The maximum Gasteiger partial charge on any atom is 0.304 e. The summed E-state index contributed by atoms with van der Waals surface area (Å²) in [5, 5.41) is 15.9. The Bertz CT molecular complexity index is 1280. The zero-order valence-corrected chi connectivity index (χ0v) is 22.4. The van der Waals surface area contributed by atoms with Crippen molar-refractivity contribution in [2.24, 2.45) is 5.92 Å². The molecule has 1 N–H and O–H groups in total. The first-order chi connectivity index (χ1) is 17.9. The molecule has 1 aliphatic rings. The Morgan fingerprint density at radius 2 is 1.92 bits per heavy atom. The van der Waals surface area contributed by atoms with Crippen LogP contribution >= 0.6 is 11.6 Å². The van der Waals surface area contributed by atoms with Gasteiger partial charge in [0.05, 0.1) is 41.8 Å². The summed E-state index contributed by atoms with van der Waals surface area (Å²) in [6, 6.07) is 11.5. The van der Waals surface area contributed by atoms with Crippen molar-refractivity contribution in [1.29, 1.82) is 0 Å². The van der Waals surface area contributed by atoms with Gasteiger partial charge in [-0.05, 0) is 30.5 Å². The molecular formula is C29H34ClN3O4. The van der Waals surface area contributed by atoms with Gasteiger partial charge >= 0.3 is 5.97 Å². The van der Waals surface area contributed by atoms with Crippen LogP contribution in [0.25, 0.3) is 10.9 Å². The Morgan fingerprint density at radius 3 is 2.57 bits per heavy atom. The Morgan fingerprint density at radius 1 is 1.19 bits per heavy atom. The summed E-state index contributed by atoms with van der Waals surface area (Å²) in [6.45, 7) is 11.2. The summed E-state index contributed by atoms with van der Waals surface area (Å²) < 4.78 is 13.6. The zero-order chi connectivity index (χ0) is 26.4. The first kappa shape index (κ1) is 27.0. The Kier molecular flexibility index (Phi) is 9.09. The SMILES string of the molecule is CC#CC(CC(=O)O)c1ccc(OCc2ccc3c(CN4CCOCC4)nn(CC(C)C)c3c2Cl)cc1. The molecule has 1 aromatic heterocycles. The second kappa shape index (κ2) is 12.5. The number of carbonyl (C=O) groups is 1. The van der Waals surface area contributed by atoms with Crippen molar-refractivity contribution in [3.63, 3.8) is 0 Å². The number of aliphatic carboxylic acids is 1. The standard InChI is InChI=1S/C29H34ClN3O4/c1-4-5-22(16-27(34)35)21-6-9-24(10-7-21)37-19-23-8-11-25-26(18-32-12-14-36-15-13-32)31-33(17-20(2)3)29(25)28(23)30/h6-11,20,22H,12-19H2,1-3H3,(H,34,35). The van der Waals surface area contributed by atoms with E-state index in [1.165, 1.54) is 0 Å². The number of carboxylic acid groups (broad SMARTS) is 1. The molecule has 4 rings (SSSR count). The van der Waals surface area contributed by atoms with Gasteiger partial charge < -0.3 is 14.6 Å². The van der Waals surface area contributed by atoms with Gasteiger partial charge in [-0.3, -0.25) is 14.4 Å². The number of ether oxygens (including phenoxy) is 2. The van der Waals surface area contributed by atoms with Crippen molar-refractivity contribution in [2.75, 3.05) is 26.3 Å². The van der Waals surface area contributed by atoms with Gasteiger partial charge in [-0.25, -0.2) is 0 Å². The molecule has 0 amide bonds. The first-order valence-electron chi connectivity index (χ1n) is 12.7. The number of hydrogen-bond acceptors (Lipinski definition) is 5. The topological polar surface area (TPSA) is 76.8 Å². The van der Waals surface area contributed by atoms with Gasteiger partial charge in [0.1, 0.15) is 12.4 Å². The minimum Gasteiger partial charge on any atom is -0.489 e. The molecule has 7 nitrogen and oxygen atoms in total. The number of fused-ring (bicyclic) bond motifs is 1. The summed E-state index contributed by atoms with van der Waals surface area (Å²) in [7, 11) is 0. The first-order valence-corrected chi connectivity index (χ1v) is 13.1. The number of carboxylic acids is 1. The number of aromatic nitrogens is 2. The molecule has 0 saturated carbocycles. The summed E-state index contributed by atoms with van der Waals surface area (Å²) in [6.07, 6.45) is -0.0335. The molecule has 2 heterocycles. The number of hydrogen-bond donors (Lipinski definition) is 1. The summed E-state index contributed by atoms with van der Waals surface area (Å²) in [5.74, 6) is 5.68. The highest BCUT2D eigenvalue weighted by molar-refractivity contribution is 6.36. The van der Waals surface area contributed by atoms with E-state index >= 15 is 0 Å². The van der Waals surface area contributed by atoms with E-state index < -0.39 is 5.97 Å². The van der Waals surface area contributed by atoms with E-state index in [0.717, 1.165) is 67.1 Å². The van der Waals surface area contributed by atoms with Crippen molar-refractivity contribution in [1.82, 2.24) is 14.7 Å². The van der Waals surface area contributed by atoms with Crippen LogP contribution in [0.1, 0.15) is 49.9 Å². The largest absolute Gasteiger partial charge is 0.489 e. The van der Waals surface area contributed by atoms with Gasteiger partial charge in [0, 0.05) is 37.1 Å². The van der Waals surface area contributed by atoms with E-state index in [2.05, 4.69) is 36.7 Å². The second-order valence-electron chi connectivity index (χ2n) is 9.75. The van der Waals surface area contributed by atoms with Crippen molar-refractivity contribution < 1.29 is 19.4 Å². The minimum atomic E-state index is -0.872. The Hall–Kier alpha value is -3.05. The molecule has 0 bridgehead atoms. The maximum absolute atomic E-state index is 11.2. The predicted molar refractivity (Wildman–Crippen MR) is 145 cm³/mol. The summed E-state index contributed by atoms with van der Waals surface area (Å²) in [5.41, 5.74) is 3.73. The molecule has 2 aromatic carbocycles. The van der Waals surface area contributed by atoms with Gasteiger partial charge in [-0.15, -0.1) is 5.92 Å². The number of morpholine rings is 1. The van der Waals surface area contributed by atoms with E-state index in [1.807, 2.05) is 35.0 Å². The third kappa shape index (κ3) is 6.84. The second-order valence-corrected chi connectivity index (χ2v) is 10.1. The molecule has 0 radical (unpaired) electrons. The van der Waals surface area contributed by atoms with Gasteiger partial charge in [-0.2, -0.15) is 5.10 Å². The van der Waals surface area contributed by atoms with E-state index in [9.17, 15) is 9.90 Å². The fraction of sp³-hybridized carbons (Fsp3) is 0.448. The molecule has 0 spiro atoms. The lowest BCUT2D eigenvalue weighted by Crippen LogP contribution is -2.35. The van der Waals surface area contributed by atoms with Crippen molar-refractivity contribution in [3.8, 4) is 17.6 Å². The molecule has 3 aromatic rings. The van der Waals surface area contributed by atoms with Crippen LogP contribution in [-0.4, -0.2) is 52.1 Å². The summed E-state index contributed by atoms with van der Waals surface area (Å²) >= 11 is 6.96. The molecule has 8 heteroatoms. The van der Waals surface area contributed by atoms with Gasteiger partial charge in [-0.1, -0.05) is 55.6 Å². The predicted octanol–water partition coefficient (Wildman–Crippen LogP) is 5.34. The van der Waals surface area contributed by atoms with Crippen LogP contribution in [-0.2, 0) is 29.2 Å². The summed E-state index contributed by atoms with van der Waals surface area (Å²) in [4.78, 5) is 13.5. The van der Waals surface area contributed by atoms with E-state index in [0.29, 0.717) is 23.3 Å². The molecule has 1 fully saturated rings. The lowest BCUT2D eigenvalue weighted by molar-refractivity contribution is -0.137. The molecule has 1 atom stereocenters. The molecule has 1 aliphatic heterocycles. The van der Waals surface area contributed by atoms with E-state index in [-0.39, 0.29) is 12.3 Å². The quantitative estimate of drug-likeness (QED) is 0.361. The van der Waals surface area contributed by atoms with E-state index in [4.69, 9.17) is 26.2 Å². The van der Waals surface area contributed by atoms with Gasteiger partial charge in [0.25, 0.3) is 0 Å². The molecule has 0 aliphatic carbocycles. The lowest BCUT2D eigenvalue weighted by Gasteiger charge is -2.25. The van der Waals surface area contributed by atoms with Crippen molar-refractivity contribution in [2.45, 2.75) is 52.8 Å². The number of rotatable bonds is 10. The third-order valence-corrected chi connectivity index (χ3v) is 6.82. The zero-order valence-electron chi connectivity index (χ0n) is 21.7. The average molecular weight is 524 g/mol. The van der Waals surface area contributed by atoms with Crippen LogP contribution in [0.3, 0.4) is 0 Å². The van der Waals surface area contributed by atoms with Crippen LogP contribution in [0.15, 0.2) is 36.4 Å². The maximum atomic E-state index is 11.2. The molecule has 37 heavy (non-hydrogen) atoms. The average Bonchev–Trinajstić information content (AvgIpc) is 3.21. The van der Waals surface area contributed by atoms with Crippen LogP contribution < -0.4 is 4.74 Å². The normalized spacial score (nSPS) is 14.9. The van der Waals surface area contributed by atoms with Crippen LogP contribution in [0.5, 0.6) is 5.75 Å². The molecule has 196 valence electrons. The number of nitrogens with zero attached hydrogens (tertiary/aromatic N) is 3. The Balaban J connectivity index is 1.53. The number of benzene rings is 2. The minimum absolute atomic E-state index is 0.0335. The lowest BCUT2D eigenvalue weighted by atomic mass is 9.96. The van der Waals surface area contributed by atoms with Gasteiger partial charge in [0.15, 0.2) is 0 Å². The van der Waals surface area contributed by atoms with Gasteiger partial charge in [0.2, 0.25) is 0 Å². The van der Waals surface area contributed by atoms with Crippen LogP contribution in [0, 0.1) is 17.8 Å². The van der Waals surface area contributed by atoms with Crippen molar-refractivity contribution in [3.05, 3.63) is 58.2 Å². The fourth-order valence-corrected chi connectivity index (χ4v) is 4.89. The molecule has 1 unspecified atom stereocenters. The fourth-order valence-electron chi connectivity index (χ4n) is 4.58. The molecule has 1 saturated heterocycles. The Labute approximate surface area is 223 Å². The van der Waals surface area contributed by atoms with Crippen molar-refractivity contribution >= 4 is 28.5 Å². The number of halogens is 1. The molecular weight excluding hydrogens is 490 g/mol. The van der Waals surface area contributed by atoms with Crippen LogP contribution in [0.2, 0.25) is 5.02 Å². The van der Waals surface area contributed by atoms with E-state index in [1.54, 1.807) is 6.92 Å².